The van der Waals surface area contributed by atoms with Gasteiger partial charge in [-0.15, -0.1) is 0 Å². The van der Waals surface area contributed by atoms with Crippen LogP contribution in [-0.4, -0.2) is 51.2 Å². The molecule has 0 saturated carbocycles. The van der Waals surface area contributed by atoms with Crippen molar-refractivity contribution in [3.8, 4) is 11.4 Å². The third-order valence-electron chi connectivity index (χ3n) is 4.75. The van der Waals surface area contributed by atoms with Crippen LogP contribution in [0.2, 0.25) is 0 Å². The summed E-state index contributed by atoms with van der Waals surface area (Å²) in [5.74, 6) is 1.26. The van der Waals surface area contributed by atoms with E-state index in [1.807, 2.05) is 18.2 Å². The molecular weight excluding hydrogens is 372 g/mol. The van der Waals surface area contributed by atoms with Crippen LogP contribution in [0.1, 0.15) is 30.5 Å². The molecule has 29 heavy (non-hydrogen) atoms. The first-order valence-electron chi connectivity index (χ1n) is 9.45. The van der Waals surface area contributed by atoms with Crippen LogP contribution in [0.25, 0.3) is 11.4 Å². The van der Waals surface area contributed by atoms with Gasteiger partial charge in [-0.3, -0.25) is 14.7 Å². The average Bonchev–Trinajstić information content (AvgIpc) is 3.39. The van der Waals surface area contributed by atoms with Crippen LogP contribution < -0.4 is 5.32 Å². The first-order valence-corrected chi connectivity index (χ1v) is 9.45. The Morgan fingerprint density at radius 2 is 2.24 bits per heavy atom. The van der Waals surface area contributed by atoms with Gasteiger partial charge in [-0.25, -0.2) is 4.98 Å². The number of hydrogen-bond acceptors (Lipinski definition) is 8. The Morgan fingerprint density at radius 3 is 3.00 bits per heavy atom. The van der Waals surface area contributed by atoms with Gasteiger partial charge in [-0.05, 0) is 43.7 Å². The molecule has 0 aliphatic carbocycles. The minimum absolute atomic E-state index is 0.0198. The second kappa shape index (κ2) is 8.89. The number of amides is 1. The molecule has 1 saturated heterocycles. The zero-order valence-corrected chi connectivity index (χ0v) is 16.1. The Hall–Kier alpha value is -3.17. The van der Waals surface area contributed by atoms with E-state index >= 15 is 0 Å². The topological polar surface area (TPSA) is 106 Å². The number of carbonyl (C=O) groups is 1. The Bertz CT molecular complexity index is 944. The molecule has 0 spiro atoms. The molecule has 1 atom stereocenters. The van der Waals surface area contributed by atoms with Gasteiger partial charge in [0.25, 0.3) is 5.91 Å². The van der Waals surface area contributed by atoms with Crippen molar-refractivity contribution in [2.75, 3.05) is 25.6 Å². The van der Waals surface area contributed by atoms with Crippen LogP contribution in [0.3, 0.4) is 0 Å². The zero-order valence-electron chi connectivity index (χ0n) is 16.1. The fraction of sp³-hybridized carbons (Fsp3) is 0.350. The molecule has 0 bridgehead atoms. The molecule has 1 N–H and O–H groups in total. The Balaban J connectivity index is 1.44. The predicted octanol–water partition coefficient (Wildman–Crippen LogP) is 2.45. The summed E-state index contributed by atoms with van der Waals surface area (Å²) in [5.41, 5.74) is 1.74. The van der Waals surface area contributed by atoms with Crippen LogP contribution in [0, 0.1) is 0 Å². The summed E-state index contributed by atoms with van der Waals surface area (Å²) in [6.45, 7) is 1.70. The van der Waals surface area contributed by atoms with Gasteiger partial charge in [0.2, 0.25) is 11.7 Å². The molecule has 9 heteroatoms. The summed E-state index contributed by atoms with van der Waals surface area (Å²) in [5, 5.41) is 6.77. The highest BCUT2D eigenvalue weighted by molar-refractivity contribution is 5.90. The van der Waals surface area contributed by atoms with Crippen LogP contribution in [0.15, 0.2) is 47.2 Å². The normalized spacial score (nSPS) is 16.8. The van der Waals surface area contributed by atoms with Crippen molar-refractivity contribution >= 4 is 11.7 Å². The first-order chi connectivity index (χ1) is 14.2. The average molecular weight is 394 g/mol. The van der Waals surface area contributed by atoms with E-state index in [0.717, 1.165) is 37.2 Å². The number of likely N-dealkylation sites (tertiary alicyclic amines) is 1. The Kier molecular flexibility index (Phi) is 5.87. The van der Waals surface area contributed by atoms with Gasteiger partial charge in [0.15, 0.2) is 0 Å². The highest BCUT2D eigenvalue weighted by Gasteiger charge is 2.31. The van der Waals surface area contributed by atoms with Crippen LogP contribution in [0.4, 0.5) is 5.82 Å². The molecule has 1 fully saturated rings. The second-order valence-corrected chi connectivity index (χ2v) is 6.82. The van der Waals surface area contributed by atoms with E-state index in [1.165, 1.54) is 7.11 Å². The van der Waals surface area contributed by atoms with E-state index in [2.05, 4.69) is 30.3 Å². The fourth-order valence-electron chi connectivity index (χ4n) is 3.39. The van der Waals surface area contributed by atoms with E-state index in [4.69, 9.17) is 9.26 Å². The van der Waals surface area contributed by atoms with Crippen molar-refractivity contribution in [1.82, 2.24) is 25.0 Å². The maximum Gasteiger partial charge on any atom is 0.251 e. The Morgan fingerprint density at radius 1 is 1.31 bits per heavy atom. The molecule has 0 aromatic carbocycles. The van der Waals surface area contributed by atoms with Gasteiger partial charge >= 0.3 is 0 Å². The van der Waals surface area contributed by atoms with Gasteiger partial charge in [0, 0.05) is 31.6 Å². The molecule has 150 valence electrons. The van der Waals surface area contributed by atoms with Gasteiger partial charge in [0.05, 0.1) is 11.7 Å². The van der Waals surface area contributed by atoms with Crippen LogP contribution >= 0.6 is 0 Å². The summed E-state index contributed by atoms with van der Waals surface area (Å²) in [6.07, 6.45) is 5.46. The highest BCUT2D eigenvalue weighted by atomic mass is 16.5. The van der Waals surface area contributed by atoms with E-state index < -0.39 is 0 Å². The number of carbonyl (C=O) groups excluding carboxylic acids is 1. The second-order valence-electron chi connectivity index (χ2n) is 6.82. The summed E-state index contributed by atoms with van der Waals surface area (Å²) < 4.78 is 10.3. The summed E-state index contributed by atoms with van der Waals surface area (Å²) in [7, 11) is 1.46. The number of rotatable bonds is 7. The number of hydrogen-bond donors (Lipinski definition) is 1. The number of aromatic nitrogens is 4. The third kappa shape index (κ3) is 4.64. The maximum atomic E-state index is 11.6. The third-order valence-corrected chi connectivity index (χ3v) is 4.75. The SMILES string of the molecule is COCC(=O)Nc1ccc(-c2noc([C@@H]3CCCN3Cc3ccccn3)n2)cn1. The smallest absolute Gasteiger partial charge is 0.251 e. The standard InChI is InChI=1S/C20H22N6O3/c1-28-13-18(27)23-17-8-7-14(11-22-17)19-24-20(29-25-19)16-6-4-10-26(16)12-15-5-2-3-9-21-15/h2-3,5,7-9,11,16H,4,6,10,12-13H2,1H3,(H,22,23,27)/t16-/m0/s1. The monoisotopic (exact) mass is 394 g/mol. The van der Waals surface area contributed by atoms with E-state index in [0.29, 0.717) is 17.5 Å². The zero-order chi connectivity index (χ0) is 20.1. The summed E-state index contributed by atoms with van der Waals surface area (Å²) in [6, 6.07) is 9.50. The Labute approximate surface area is 168 Å². The van der Waals surface area contributed by atoms with Crippen molar-refractivity contribution in [3.05, 3.63) is 54.3 Å². The van der Waals surface area contributed by atoms with E-state index in [-0.39, 0.29) is 18.6 Å². The molecule has 1 amide bonds. The van der Waals surface area contributed by atoms with Crippen molar-refractivity contribution in [1.29, 1.82) is 0 Å². The first kappa shape index (κ1) is 19.2. The number of ether oxygens (including phenoxy) is 1. The van der Waals surface area contributed by atoms with E-state index in [9.17, 15) is 4.79 Å². The fourth-order valence-corrected chi connectivity index (χ4v) is 3.39. The molecule has 4 rings (SSSR count). The van der Waals surface area contributed by atoms with Gasteiger partial charge in [-0.1, -0.05) is 11.2 Å². The summed E-state index contributed by atoms with van der Waals surface area (Å²) in [4.78, 5) is 27.1. The molecule has 3 aromatic rings. The number of nitrogens with one attached hydrogen (secondary N) is 1. The quantitative estimate of drug-likeness (QED) is 0.651. The van der Waals surface area contributed by atoms with Crippen molar-refractivity contribution in [2.45, 2.75) is 25.4 Å². The molecule has 3 aromatic heterocycles. The molecule has 4 heterocycles. The van der Waals surface area contributed by atoms with Crippen LogP contribution in [0.5, 0.6) is 0 Å². The molecule has 1 aliphatic heterocycles. The maximum absolute atomic E-state index is 11.6. The van der Waals surface area contributed by atoms with Gasteiger partial charge in [-0.2, -0.15) is 4.98 Å². The molecule has 0 radical (unpaired) electrons. The predicted molar refractivity (Wildman–Crippen MR) is 105 cm³/mol. The number of methoxy groups -OCH3 is 1. The minimum Gasteiger partial charge on any atom is -0.375 e. The summed E-state index contributed by atoms with van der Waals surface area (Å²) >= 11 is 0. The molecule has 9 nitrogen and oxygen atoms in total. The lowest BCUT2D eigenvalue weighted by atomic mass is 10.2. The van der Waals surface area contributed by atoms with Gasteiger partial charge < -0.3 is 14.6 Å². The number of nitrogens with zero attached hydrogens (tertiary/aromatic N) is 5. The minimum atomic E-state index is -0.260. The highest BCUT2D eigenvalue weighted by Crippen LogP contribution is 2.33. The van der Waals surface area contributed by atoms with Crippen LogP contribution in [-0.2, 0) is 16.1 Å². The molecule has 0 unspecified atom stereocenters. The van der Waals surface area contributed by atoms with Crippen molar-refractivity contribution in [2.24, 2.45) is 0 Å². The lowest BCUT2D eigenvalue weighted by Crippen LogP contribution is -2.23. The van der Waals surface area contributed by atoms with Crippen molar-refractivity contribution in [3.63, 3.8) is 0 Å². The largest absolute Gasteiger partial charge is 0.375 e. The van der Waals surface area contributed by atoms with Crippen molar-refractivity contribution < 1.29 is 14.1 Å². The van der Waals surface area contributed by atoms with E-state index in [1.54, 1.807) is 24.5 Å². The number of anilines is 1. The number of pyridine rings is 2. The van der Waals surface area contributed by atoms with Gasteiger partial charge in [0.1, 0.15) is 12.4 Å². The molecule has 1 aliphatic rings. The lowest BCUT2D eigenvalue weighted by Gasteiger charge is -2.20. The lowest BCUT2D eigenvalue weighted by molar-refractivity contribution is -0.119. The molecular formula is C20H22N6O3.